The van der Waals surface area contributed by atoms with Crippen molar-refractivity contribution in [3.05, 3.63) is 41.7 Å². The number of H-pyrrole nitrogens is 1. The smallest absolute Gasteiger partial charge is 0.432 e. The van der Waals surface area contributed by atoms with E-state index < -0.39 is 0 Å². The zero-order chi connectivity index (χ0) is 26.0. The van der Waals surface area contributed by atoms with Crippen LogP contribution in [0, 0.1) is 11.8 Å². The Morgan fingerprint density at radius 1 is 1.22 bits per heavy atom. The van der Waals surface area contributed by atoms with Gasteiger partial charge in [-0.2, -0.15) is 0 Å². The molecule has 2 aliphatic rings. The van der Waals surface area contributed by atoms with Crippen molar-refractivity contribution in [1.82, 2.24) is 10.1 Å². The van der Waals surface area contributed by atoms with Crippen LogP contribution in [-0.4, -0.2) is 55.4 Å². The molecule has 8 heteroatoms. The second kappa shape index (κ2) is 13.6. The summed E-state index contributed by atoms with van der Waals surface area (Å²) in [6, 6.07) is 9.05. The number of aromatic amines is 1. The third kappa shape index (κ3) is 7.81. The SMILES string of the molecule is CCCC(CCNc1[nH+]c(C(C)C)no1)COc1ccc(C2=CCC(C(=O)N3CCOCC3)CC2)cc1. The molecule has 0 spiro atoms. The van der Waals surface area contributed by atoms with Gasteiger partial charge in [0, 0.05) is 24.9 Å². The number of ether oxygens (including phenoxy) is 2. The van der Waals surface area contributed by atoms with Crippen molar-refractivity contribution >= 4 is 17.5 Å². The molecule has 1 fully saturated rings. The van der Waals surface area contributed by atoms with E-state index in [1.165, 1.54) is 11.1 Å². The number of aromatic nitrogens is 2. The van der Waals surface area contributed by atoms with Gasteiger partial charge in [-0.25, -0.2) is 9.51 Å². The molecule has 4 rings (SSSR count). The third-order valence-electron chi connectivity index (χ3n) is 7.35. The second-order valence-electron chi connectivity index (χ2n) is 10.5. The molecule has 0 bridgehead atoms. The molecule has 37 heavy (non-hydrogen) atoms. The lowest BCUT2D eigenvalue weighted by atomic mass is 9.85. The molecule has 1 aliphatic carbocycles. The van der Waals surface area contributed by atoms with Crippen LogP contribution in [0.3, 0.4) is 0 Å². The van der Waals surface area contributed by atoms with Crippen molar-refractivity contribution in [3.63, 3.8) is 0 Å². The Labute approximate surface area is 220 Å². The minimum atomic E-state index is 0.105. The predicted molar refractivity (Wildman–Crippen MR) is 143 cm³/mol. The van der Waals surface area contributed by atoms with E-state index in [-0.39, 0.29) is 5.92 Å². The molecular formula is C29H43N4O4+. The third-order valence-corrected chi connectivity index (χ3v) is 7.35. The van der Waals surface area contributed by atoms with E-state index in [0.29, 0.717) is 43.6 Å². The molecule has 8 nitrogen and oxygen atoms in total. The number of morpholine rings is 1. The molecule has 202 valence electrons. The summed E-state index contributed by atoms with van der Waals surface area (Å²) in [6.45, 7) is 10.6. The summed E-state index contributed by atoms with van der Waals surface area (Å²) < 4.78 is 16.9. The maximum atomic E-state index is 12.8. The highest BCUT2D eigenvalue weighted by Crippen LogP contribution is 2.32. The molecular weight excluding hydrogens is 468 g/mol. The quantitative estimate of drug-likeness (QED) is 0.434. The minimum absolute atomic E-state index is 0.105. The van der Waals surface area contributed by atoms with Gasteiger partial charge in [0.15, 0.2) is 0 Å². The Balaban J connectivity index is 1.22. The number of allylic oxidation sites excluding steroid dienone is 2. The van der Waals surface area contributed by atoms with Crippen LogP contribution in [0.4, 0.5) is 6.01 Å². The maximum absolute atomic E-state index is 12.8. The van der Waals surface area contributed by atoms with Crippen molar-refractivity contribution in [1.29, 1.82) is 0 Å². The number of anilines is 1. The first-order valence-corrected chi connectivity index (χ1v) is 13.9. The fourth-order valence-corrected chi connectivity index (χ4v) is 5.03. The van der Waals surface area contributed by atoms with Crippen LogP contribution in [-0.2, 0) is 9.53 Å². The van der Waals surface area contributed by atoms with Crippen LogP contribution >= 0.6 is 0 Å². The highest BCUT2D eigenvalue weighted by molar-refractivity contribution is 5.80. The molecule has 2 N–H and O–H groups in total. The molecule has 2 heterocycles. The molecule has 2 unspecified atom stereocenters. The number of rotatable bonds is 12. The average Bonchev–Trinajstić information content (AvgIpc) is 3.42. The van der Waals surface area contributed by atoms with Crippen molar-refractivity contribution < 1.29 is 23.8 Å². The van der Waals surface area contributed by atoms with Crippen LogP contribution in [0.5, 0.6) is 5.75 Å². The molecule has 1 saturated heterocycles. The van der Waals surface area contributed by atoms with Gasteiger partial charge in [-0.1, -0.05) is 45.4 Å². The normalized spacial score (nSPS) is 19.0. The first-order valence-electron chi connectivity index (χ1n) is 13.9. The van der Waals surface area contributed by atoms with Gasteiger partial charge in [0.1, 0.15) is 5.75 Å². The Kier molecular flexibility index (Phi) is 9.99. The Morgan fingerprint density at radius 3 is 2.65 bits per heavy atom. The van der Waals surface area contributed by atoms with E-state index in [4.69, 9.17) is 14.0 Å². The summed E-state index contributed by atoms with van der Waals surface area (Å²) in [5, 5.41) is 7.36. The number of nitrogens with one attached hydrogen (secondary N) is 2. The number of nitrogens with zero attached hydrogens (tertiary/aromatic N) is 2. The van der Waals surface area contributed by atoms with Gasteiger partial charge in [-0.3, -0.25) is 10.1 Å². The van der Waals surface area contributed by atoms with E-state index in [9.17, 15) is 4.79 Å². The topological polar surface area (TPSA) is 91.0 Å². The maximum Gasteiger partial charge on any atom is 0.432 e. The molecule has 0 saturated carbocycles. The van der Waals surface area contributed by atoms with Crippen molar-refractivity contribution in [2.75, 3.05) is 44.8 Å². The van der Waals surface area contributed by atoms with Gasteiger partial charge in [0.2, 0.25) is 5.91 Å². The molecule has 1 amide bonds. The molecule has 1 aromatic carbocycles. The first kappa shape index (κ1) is 27.2. The lowest BCUT2D eigenvalue weighted by Gasteiger charge is -2.31. The number of benzene rings is 1. The number of amides is 1. The van der Waals surface area contributed by atoms with Gasteiger partial charge in [-0.15, -0.1) is 0 Å². The summed E-state index contributed by atoms with van der Waals surface area (Å²) >= 11 is 0. The van der Waals surface area contributed by atoms with Crippen molar-refractivity contribution in [2.45, 2.75) is 65.2 Å². The standard InChI is InChI=1S/C29H42N4O4/c1-4-5-22(14-15-30-29-31-27(21(2)3)32-37-29)20-36-26-12-10-24(11-13-26)23-6-8-25(9-7-23)28(34)33-16-18-35-19-17-33/h6,10-13,21-22,25H,4-5,7-9,14-20H2,1-3H3,(H,30,31,32)/p+1. The predicted octanol–water partition coefficient (Wildman–Crippen LogP) is 4.95. The van der Waals surface area contributed by atoms with Crippen molar-refractivity contribution in [2.24, 2.45) is 11.8 Å². The summed E-state index contributed by atoms with van der Waals surface area (Å²) in [7, 11) is 0. The van der Waals surface area contributed by atoms with E-state index >= 15 is 0 Å². The fourth-order valence-electron chi connectivity index (χ4n) is 5.03. The fraction of sp³-hybridized carbons (Fsp3) is 0.621. The van der Waals surface area contributed by atoms with E-state index in [1.807, 2.05) is 4.90 Å². The zero-order valence-corrected chi connectivity index (χ0v) is 22.6. The first-order chi connectivity index (χ1) is 18.0. The van der Waals surface area contributed by atoms with E-state index in [1.54, 1.807) is 0 Å². The summed E-state index contributed by atoms with van der Waals surface area (Å²) in [6.07, 6.45) is 8.17. The summed E-state index contributed by atoms with van der Waals surface area (Å²) in [4.78, 5) is 17.9. The molecule has 1 aliphatic heterocycles. The largest absolute Gasteiger partial charge is 0.493 e. The van der Waals surface area contributed by atoms with Crippen LogP contribution in [0.25, 0.3) is 5.57 Å². The Morgan fingerprint density at radius 2 is 2.00 bits per heavy atom. The number of hydrogen-bond acceptors (Lipinski definition) is 6. The van der Waals surface area contributed by atoms with Gasteiger partial charge >= 0.3 is 6.01 Å². The Hall–Kier alpha value is -2.87. The van der Waals surface area contributed by atoms with Crippen molar-refractivity contribution in [3.8, 4) is 5.75 Å². The average molecular weight is 512 g/mol. The van der Waals surface area contributed by atoms with Gasteiger partial charge in [0.05, 0.1) is 31.5 Å². The van der Waals surface area contributed by atoms with E-state index in [0.717, 1.165) is 69.7 Å². The van der Waals surface area contributed by atoms with Gasteiger partial charge in [0.25, 0.3) is 5.82 Å². The second-order valence-corrected chi connectivity index (χ2v) is 10.5. The van der Waals surface area contributed by atoms with Crippen LogP contribution in [0.2, 0.25) is 0 Å². The lowest BCUT2D eigenvalue weighted by molar-refractivity contribution is -0.380. The summed E-state index contributed by atoms with van der Waals surface area (Å²) in [5.74, 6) is 2.92. The van der Waals surface area contributed by atoms with E-state index in [2.05, 4.69) is 66.6 Å². The van der Waals surface area contributed by atoms with Gasteiger partial charge in [-0.05, 0) is 61.3 Å². The minimum Gasteiger partial charge on any atom is -0.493 e. The van der Waals surface area contributed by atoms with Crippen LogP contribution in [0.1, 0.15) is 76.6 Å². The van der Waals surface area contributed by atoms with Crippen LogP contribution < -0.4 is 15.0 Å². The summed E-state index contributed by atoms with van der Waals surface area (Å²) in [5.41, 5.74) is 2.56. The van der Waals surface area contributed by atoms with Crippen LogP contribution in [0.15, 0.2) is 34.9 Å². The Bertz CT molecular complexity index is 1010. The van der Waals surface area contributed by atoms with Gasteiger partial charge < -0.3 is 14.4 Å². The number of carbonyl (C=O) groups excluding carboxylic acids is 1. The highest BCUT2D eigenvalue weighted by atomic mass is 16.5. The number of hydrogen-bond donors (Lipinski definition) is 1. The highest BCUT2D eigenvalue weighted by Gasteiger charge is 2.27. The molecule has 2 atom stereocenters. The lowest BCUT2D eigenvalue weighted by Crippen LogP contribution is -2.44. The monoisotopic (exact) mass is 511 g/mol. The molecule has 1 aromatic heterocycles. The molecule has 0 radical (unpaired) electrons. The zero-order valence-electron chi connectivity index (χ0n) is 22.6. The molecule has 2 aromatic rings. The number of carbonyl (C=O) groups is 1.